The van der Waals surface area contributed by atoms with Crippen molar-refractivity contribution >= 4 is 28.2 Å². The van der Waals surface area contributed by atoms with E-state index in [1.54, 1.807) is 19.1 Å². The fraction of sp³-hybridized carbons (Fsp3) is 0.333. The Labute approximate surface area is 206 Å². The van der Waals surface area contributed by atoms with E-state index in [9.17, 15) is 26.7 Å². The van der Waals surface area contributed by atoms with E-state index in [0.717, 1.165) is 10.2 Å². The van der Waals surface area contributed by atoms with Crippen molar-refractivity contribution in [3.63, 3.8) is 0 Å². The zero-order valence-electron chi connectivity index (χ0n) is 19.0. The Morgan fingerprint density at radius 3 is 2.46 bits per heavy atom. The van der Waals surface area contributed by atoms with Crippen molar-refractivity contribution in [2.24, 2.45) is 0 Å². The van der Waals surface area contributed by atoms with Gasteiger partial charge in [0.15, 0.2) is 0 Å². The zero-order valence-corrected chi connectivity index (χ0v) is 20.6. The summed E-state index contributed by atoms with van der Waals surface area (Å²) < 4.78 is 64.0. The predicted octanol–water partition coefficient (Wildman–Crippen LogP) is 3.47. The number of benzene rings is 1. The Morgan fingerprint density at radius 2 is 1.83 bits per heavy atom. The van der Waals surface area contributed by atoms with Crippen LogP contribution < -0.4 is 10.6 Å². The van der Waals surface area contributed by atoms with Crippen LogP contribution in [0.5, 0.6) is 0 Å². The lowest BCUT2D eigenvalue weighted by Crippen LogP contribution is -2.33. The van der Waals surface area contributed by atoms with Crippen LogP contribution in [0.15, 0.2) is 47.8 Å². The third-order valence-corrected chi connectivity index (χ3v) is 5.84. The van der Waals surface area contributed by atoms with E-state index in [0.29, 0.717) is 22.3 Å². The van der Waals surface area contributed by atoms with Gasteiger partial charge < -0.3 is 10.8 Å². The lowest BCUT2D eigenvalue weighted by Gasteiger charge is -2.17. The van der Waals surface area contributed by atoms with E-state index < -0.39 is 28.3 Å². The molecule has 4 N–H and O–H groups in total. The number of hydrogen-bond acceptors (Lipinski definition) is 7. The van der Waals surface area contributed by atoms with Crippen LogP contribution in [0.1, 0.15) is 19.4 Å². The third-order valence-electron chi connectivity index (χ3n) is 4.63. The Morgan fingerprint density at radius 1 is 1.14 bits per heavy atom. The van der Waals surface area contributed by atoms with E-state index in [1.807, 2.05) is 4.89 Å². The molecule has 0 aliphatic rings. The molecule has 14 heteroatoms. The summed E-state index contributed by atoms with van der Waals surface area (Å²) in [5.74, 6) is 0.0819. The summed E-state index contributed by atoms with van der Waals surface area (Å²) in [6.07, 6.45) is -0.526. The second kappa shape index (κ2) is 10.5. The average molecular weight is 536 g/mol. The topological polar surface area (TPSA) is 132 Å². The van der Waals surface area contributed by atoms with Gasteiger partial charge in [-0.3, -0.25) is 9.52 Å². The maximum atomic E-state index is 12.7. The third kappa shape index (κ3) is 7.64. The quantitative estimate of drug-likeness (QED) is 0.376. The molecule has 0 radical (unpaired) electrons. The Balaban J connectivity index is 0.00000432. The van der Waals surface area contributed by atoms with Gasteiger partial charge in [0.1, 0.15) is 12.4 Å². The number of nitrogens with one attached hydrogen (secondary N) is 1. The monoisotopic (exact) mass is 535 g/mol. The van der Waals surface area contributed by atoms with Crippen LogP contribution in [0.2, 0.25) is 0 Å². The summed E-state index contributed by atoms with van der Waals surface area (Å²) in [7, 11) is -4.06. The van der Waals surface area contributed by atoms with Gasteiger partial charge in [0.05, 0.1) is 23.3 Å². The number of sulfonamides is 1. The van der Waals surface area contributed by atoms with Gasteiger partial charge in [-0.05, 0) is 50.1 Å². The van der Waals surface area contributed by atoms with Gasteiger partial charge in [-0.15, -0.1) is 12.4 Å². The summed E-state index contributed by atoms with van der Waals surface area (Å²) in [6.45, 7) is 3.18. The molecule has 0 fully saturated rings. The molecule has 0 atom stereocenters. The average Bonchev–Trinajstić information content (AvgIpc) is 3.14. The SMILES string of the molecule is Cc1ccc(S(=O)(=O)NOCC(C)(C)O)cc1-c1cnc(N)c(-c2cnn(CC(F)(F)F)c2)c1.Cl. The van der Waals surface area contributed by atoms with Crippen molar-refractivity contribution in [1.82, 2.24) is 19.6 Å². The van der Waals surface area contributed by atoms with Crippen molar-refractivity contribution in [2.45, 2.75) is 44.0 Å². The maximum absolute atomic E-state index is 12.7. The molecular formula is C21H25ClF3N5O4S. The molecule has 0 saturated carbocycles. The highest BCUT2D eigenvalue weighted by Crippen LogP contribution is 2.32. The highest BCUT2D eigenvalue weighted by atomic mass is 35.5. The molecule has 2 heterocycles. The van der Waals surface area contributed by atoms with Crippen molar-refractivity contribution in [2.75, 3.05) is 12.3 Å². The number of rotatable bonds is 8. The fourth-order valence-corrected chi connectivity index (χ4v) is 3.87. The van der Waals surface area contributed by atoms with Crippen molar-refractivity contribution in [3.8, 4) is 22.3 Å². The smallest absolute Gasteiger partial charge is 0.388 e. The molecule has 0 saturated heterocycles. The minimum Gasteiger partial charge on any atom is -0.388 e. The minimum absolute atomic E-state index is 0. The van der Waals surface area contributed by atoms with Gasteiger partial charge in [-0.2, -0.15) is 18.3 Å². The largest absolute Gasteiger partial charge is 0.408 e. The first-order valence-corrected chi connectivity index (χ1v) is 11.4. The summed E-state index contributed by atoms with van der Waals surface area (Å²) in [6, 6.07) is 6.00. The number of aryl methyl sites for hydroxylation is 1. The van der Waals surface area contributed by atoms with Gasteiger partial charge in [0, 0.05) is 29.1 Å². The van der Waals surface area contributed by atoms with Gasteiger partial charge in [0.25, 0.3) is 10.0 Å². The molecule has 3 aromatic rings. The molecule has 2 aromatic heterocycles. The molecule has 0 spiro atoms. The van der Waals surface area contributed by atoms with Crippen LogP contribution in [-0.4, -0.2) is 46.7 Å². The fourth-order valence-electron chi connectivity index (χ4n) is 3.04. The number of hydrogen-bond donors (Lipinski definition) is 3. The van der Waals surface area contributed by atoms with Crippen molar-refractivity contribution in [3.05, 3.63) is 48.4 Å². The summed E-state index contributed by atoms with van der Waals surface area (Å²) >= 11 is 0. The summed E-state index contributed by atoms with van der Waals surface area (Å²) in [5, 5.41) is 13.4. The van der Waals surface area contributed by atoms with E-state index in [2.05, 4.69) is 10.1 Å². The molecule has 192 valence electrons. The van der Waals surface area contributed by atoms with Crippen LogP contribution in [0.3, 0.4) is 0 Å². The molecule has 0 aliphatic carbocycles. The van der Waals surface area contributed by atoms with Crippen LogP contribution in [0.4, 0.5) is 19.0 Å². The molecular weight excluding hydrogens is 511 g/mol. The first-order chi connectivity index (χ1) is 15.6. The van der Waals surface area contributed by atoms with Gasteiger partial charge >= 0.3 is 6.18 Å². The van der Waals surface area contributed by atoms with E-state index in [1.165, 1.54) is 44.6 Å². The molecule has 0 aliphatic heterocycles. The molecule has 0 unspecified atom stereocenters. The summed E-state index contributed by atoms with van der Waals surface area (Å²) in [5.41, 5.74) is 7.14. The number of nitrogens with two attached hydrogens (primary N) is 1. The second-order valence-corrected chi connectivity index (χ2v) is 10.0. The number of halogens is 4. The zero-order chi connectivity index (χ0) is 25.3. The standard InChI is InChI=1S/C21H24F3N5O4S.ClH/c1-13-4-5-16(34(31,32)28-33-12-20(2,3)30)7-17(13)14-6-18(19(25)26-8-14)15-9-27-29(10-15)11-21(22,23)24;/h4-10,28,30H,11-12H2,1-3H3,(H2,25,26);1H. The first kappa shape index (κ1) is 28.5. The lowest BCUT2D eigenvalue weighted by atomic mass is 9.99. The number of aliphatic hydroxyl groups is 1. The molecule has 1 aromatic carbocycles. The van der Waals surface area contributed by atoms with E-state index in [4.69, 9.17) is 10.6 Å². The Kier molecular flexibility index (Phi) is 8.56. The van der Waals surface area contributed by atoms with Gasteiger partial charge in [-0.1, -0.05) is 11.0 Å². The van der Waals surface area contributed by atoms with Crippen molar-refractivity contribution < 1.29 is 31.5 Å². The van der Waals surface area contributed by atoms with Crippen LogP contribution in [-0.2, 0) is 21.4 Å². The lowest BCUT2D eigenvalue weighted by molar-refractivity contribution is -0.142. The predicted molar refractivity (Wildman–Crippen MR) is 126 cm³/mol. The van der Waals surface area contributed by atoms with Crippen LogP contribution in [0, 0.1) is 6.92 Å². The highest BCUT2D eigenvalue weighted by molar-refractivity contribution is 7.89. The van der Waals surface area contributed by atoms with Gasteiger partial charge in [-0.25, -0.2) is 13.4 Å². The van der Waals surface area contributed by atoms with E-state index in [-0.39, 0.29) is 29.7 Å². The molecule has 0 amide bonds. The number of pyridine rings is 1. The second-order valence-electron chi connectivity index (χ2n) is 8.36. The normalized spacial score (nSPS) is 12.4. The molecule has 0 bridgehead atoms. The minimum atomic E-state index is -4.43. The first-order valence-electron chi connectivity index (χ1n) is 9.97. The Hall–Kier alpha value is -2.71. The van der Waals surface area contributed by atoms with Crippen molar-refractivity contribution in [1.29, 1.82) is 0 Å². The Bertz CT molecular complexity index is 1290. The number of aromatic nitrogens is 3. The highest BCUT2D eigenvalue weighted by Gasteiger charge is 2.28. The molecule has 9 nitrogen and oxygen atoms in total. The van der Waals surface area contributed by atoms with Crippen LogP contribution in [0.25, 0.3) is 22.3 Å². The van der Waals surface area contributed by atoms with Crippen LogP contribution >= 0.6 is 12.4 Å². The number of anilines is 1. The number of nitrogen functional groups attached to an aromatic ring is 1. The molecule has 35 heavy (non-hydrogen) atoms. The maximum Gasteiger partial charge on any atom is 0.408 e. The number of nitrogens with zero attached hydrogens (tertiary/aromatic N) is 3. The van der Waals surface area contributed by atoms with E-state index >= 15 is 0 Å². The molecule has 3 rings (SSSR count). The van der Waals surface area contributed by atoms with Gasteiger partial charge in [0.2, 0.25) is 0 Å². The number of alkyl halides is 3. The summed E-state index contributed by atoms with van der Waals surface area (Å²) in [4.78, 5) is 10.9.